The maximum atomic E-state index is 6.13. The topological polar surface area (TPSA) is 117 Å². The van der Waals surface area contributed by atoms with Crippen LogP contribution in [0.1, 0.15) is 12.8 Å². The van der Waals surface area contributed by atoms with Gasteiger partial charge in [-0.05, 0) is 38.1 Å². The number of rotatable bonds is 6. The number of likely N-dealkylation sites (N-methyl/N-ethyl adjacent to an activating group) is 1. The lowest BCUT2D eigenvalue weighted by atomic mass is 10.2. The highest BCUT2D eigenvalue weighted by atomic mass is 15.3. The molecule has 1 aliphatic heterocycles. The minimum atomic E-state index is 0.489. The summed E-state index contributed by atoms with van der Waals surface area (Å²) in [5.41, 5.74) is 10.9. The maximum Gasteiger partial charge on any atom is 0.179 e. The number of nitrogens with two attached hydrogens (primary N) is 1. The molecule has 1 aromatic carbocycles. The van der Waals surface area contributed by atoms with E-state index >= 15 is 0 Å². The summed E-state index contributed by atoms with van der Waals surface area (Å²) in [5.74, 6) is 1.20. The first-order chi connectivity index (χ1) is 16.1. The number of hydrogen-bond donors (Lipinski definition) is 3. The third-order valence-electron chi connectivity index (χ3n) is 6.19. The van der Waals surface area contributed by atoms with Crippen LogP contribution < -0.4 is 21.3 Å². The molecule has 1 aliphatic carbocycles. The Hall–Kier alpha value is -3.86. The molecule has 4 aromatic rings. The molecule has 2 aliphatic rings. The SMILES string of the molecule is CN1CCN(c2cc(Nc3cc(NC4CC4)c4ncc(N)n4n3)cc(-n3cnnc3)c2)CC1. The molecular formula is C22H27N11. The van der Waals surface area contributed by atoms with E-state index in [4.69, 9.17) is 5.73 Å². The summed E-state index contributed by atoms with van der Waals surface area (Å²) >= 11 is 0. The predicted molar refractivity (Wildman–Crippen MR) is 128 cm³/mol. The van der Waals surface area contributed by atoms with Crippen molar-refractivity contribution in [3.8, 4) is 5.69 Å². The first-order valence-electron chi connectivity index (χ1n) is 11.2. The number of piperazine rings is 1. The largest absolute Gasteiger partial charge is 0.382 e. The van der Waals surface area contributed by atoms with Crippen molar-refractivity contribution in [2.45, 2.75) is 18.9 Å². The Kier molecular flexibility index (Phi) is 4.75. The number of hydrogen-bond acceptors (Lipinski definition) is 9. The van der Waals surface area contributed by atoms with E-state index in [1.165, 1.54) is 12.8 Å². The van der Waals surface area contributed by atoms with Crippen molar-refractivity contribution in [3.63, 3.8) is 0 Å². The fraction of sp³-hybridized carbons (Fsp3) is 0.364. The predicted octanol–water partition coefficient (Wildman–Crippen LogP) is 1.96. The molecule has 1 saturated heterocycles. The number of anilines is 5. The highest BCUT2D eigenvalue weighted by molar-refractivity contribution is 5.75. The van der Waals surface area contributed by atoms with Crippen molar-refractivity contribution in [1.82, 2.24) is 34.3 Å². The van der Waals surface area contributed by atoms with Crippen LogP contribution in [0.2, 0.25) is 0 Å². The van der Waals surface area contributed by atoms with Gasteiger partial charge in [-0.2, -0.15) is 4.52 Å². The molecule has 1 saturated carbocycles. The summed E-state index contributed by atoms with van der Waals surface area (Å²) in [6.45, 7) is 4.03. The van der Waals surface area contributed by atoms with E-state index in [0.29, 0.717) is 17.7 Å². The molecule has 11 nitrogen and oxygen atoms in total. The number of nitrogens with zero attached hydrogens (tertiary/aromatic N) is 8. The van der Waals surface area contributed by atoms with Gasteiger partial charge < -0.3 is 26.2 Å². The maximum absolute atomic E-state index is 6.13. The third kappa shape index (κ3) is 4.02. The van der Waals surface area contributed by atoms with E-state index in [9.17, 15) is 0 Å². The summed E-state index contributed by atoms with van der Waals surface area (Å²) in [6, 6.07) is 8.89. The molecule has 0 unspecified atom stereocenters. The van der Waals surface area contributed by atoms with Gasteiger partial charge in [0.25, 0.3) is 0 Å². The molecule has 0 spiro atoms. The lowest BCUT2D eigenvalue weighted by molar-refractivity contribution is 0.313. The van der Waals surface area contributed by atoms with Crippen molar-refractivity contribution in [2.24, 2.45) is 0 Å². The lowest BCUT2D eigenvalue weighted by Gasteiger charge is -2.34. The summed E-state index contributed by atoms with van der Waals surface area (Å²) < 4.78 is 3.59. The Morgan fingerprint density at radius 1 is 0.970 bits per heavy atom. The Morgan fingerprint density at radius 3 is 2.48 bits per heavy atom. The van der Waals surface area contributed by atoms with Gasteiger partial charge in [-0.3, -0.25) is 4.57 Å². The second kappa shape index (κ2) is 7.93. The second-order valence-corrected chi connectivity index (χ2v) is 8.80. The van der Waals surface area contributed by atoms with Gasteiger partial charge in [0.1, 0.15) is 18.5 Å². The molecule has 0 amide bonds. The summed E-state index contributed by atoms with van der Waals surface area (Å²) in [4.78, 5) is 9.19. The molecule has 0 bridgehead atoms. The molecule has 0 atom stereocenters. The fourth-order valence-electron chi connectivity index (χ4n) is 4.15. The van der Waals surface area contributed by atoms with Gasteiger partial charge in [-0.25, -0.2) is 4.98 Å². The quantitative estimate of drug-likeness (QED) is 0.409. The Bertz CT molecular complexity index is 1270. The molecule has 3 aromatic heterocycles. The second-order valence-electron chi connectivity index (χ2n) is 8.80. The van der Waals surface area contributed by atoms with Crippen LogP contribution in [0.25, 0.3) is 11.3 Å². The zero-order valence-electron chi connectivity index (χ0n) is 18.5. The van der Waals surface area contributed by atoms with Crippen LogP contribution in [0.15, 0.2) is 43.1 Å². The van der Waals surface area contributed by atoms with Gasteiger partial charge in [0.15, 0.2) is 11.5 Å². The number of imidazole rings is 1. The molecule has 11 heteroatoms. The zero-order valence-corrected chi connectivity index (χ0v) is 18.5. The Balaban J connectivity index is 1.37. The number of benzene rings is 1. The van der Waals surface area contributed by atoms with E-state index in [-0.39, 0.29) is 0 Å². The van der Waals surface area contributed by atoms with Crippen LogP contribution in [0, 0.1) is 0 Å². The van der Waals surface area contributed by atoms with Gasteiger partial charge in [0, 0.05) is 49.7 Å². The van der Waals surface area contributed by atoms with Crippen LogP contribution in [0.5, 0.6) is 0 Å². The van der Waals surface area contributed by atoms with Crippen molar-refractivity contribution in [3.05, 3.63) is 43.1 Å². The van der Waals surface area contributed by atoms with Crippen LogP contribution >= 0.6 is 0 Å². The Morgan fingerprint density at radius 2 is 1.73 bits per heavy atom. The molecule has 170 valence electrons. The Labute approximate surface area is 191 Å². The first-order valence-corrected chi connectivity index (χ1v) is 11.2. The van der Waals surface area contributed by atoms with Crippen molar-refractivity contribution < 1.29 is 0 Å². The highest BCUT2D eigenvalue weighted by Crippen LogP contribution is 2.31. The van der Waals surface area contributed by atoms with Crippen molar-refractivity contribution >= 4 is 34.3 Å². The number of fused-ring (bicyclic) bond motifs is 1. The zero-order chi connectivity index (χ0) is 22.4. The lowest BCUT2D eigenvalue weighted by Crippen LogP contribution is -2.44. The summed E-state index contributed by atoms with van der Waals surface area (Å²) in [7, 11) is 2.16. The van der Waals surface area contributed by atoms with E-state index in [2.05, 4.69) is 66.0 Å². The average Bonchev–Trinajstić information content (AvgIpc) is 3.30. The van der Waals surface area contributed by atoms with Crippen molar-refractivity contribution in [1.29, 1.82) is 0 Å². The van der Waals surface area contributed by atoms with E-state index in [1.54, 1.807) is 23.4 Å². The van der Waals surface area contributed by atoms with Crippen LogP contribution in [-0.2, 0) is 0 Å². The fourth-order valence-corrected chi connectivity index (χ4v) is 4.15. The first kappa shape index (κ1) is 19.8. The van der Waals surface area contributed by atoms with Gasteiger partial charge >= 0.3 is 0 Å². The van der Waals surface area contributed by atoms with Gasteiger partial charge in [0.2, 0.25) is 0 Å². The van der Waals surface area contributed by atoms with E-state index in [0.717, 1.165) is 54.6 Å². The standard InChI is InChI=1S/C22H27N11/c1-30-4-6-31(7-5-30)17-8-16(9-18(10-17)32-13-25-26-14-32)28-21-11-19(27-15-2-3-15)22-24-12-20(23)33(22)29-21/h8-15,27H,2-7,23H2,1H3,(H,28,29). The van der Waals surface area contributed by atoms with E-state index in [1.807, 2.05) is 10.6 Å². The average molecular weight is 446 g/mol. The van der Waals surface area contributed by atoms with Crippen molar-refractivity contribution in [2.75, 3.05) is 54.5 Å². The van der Waals surface area contributed by atoms with Crippen LogP contribution in [0.4, 0.5) is 28.7 Å². The van der Waals surface area contributed by atoms with Crippen LogP contribution in [0.3, 0.4) is 0 Å². The number of aromatic nitrogens is 6. The third-order valence-corrected chi connectivity index (χ3v) is 6.19. The van der Waals surface area contributed by atoms with Gasteiger partial charge in [-0.1, -0.05) is 0 Å². The molecule has 4 heterocycles. The minimum Gasteiger partial charge on any atom is -0.382 e. The molecule has 2 fully saturated rings. The molecular weight excluding hydrogens is 418 g/mol. The molecule has 33 heavy (non-hydrogen) atoms. The van der Waals surface area contributed by atoms with Gasteiger partial charge in [0.05, 0.1) is 17.6 Å². The monoisotopic (exact) mass is 445 g/mol. The number of nitrogens with one attached hydrogen (secondary N) is 2. The smallest absolute Gasteiger partial charge is 0.179 e. The molecule has 4 N–H and O–H groups in total. The highest BCUT2D eigenvalue weighted by Gasteiger charge is 2.23. The minimum absolute atomic E-state index is 0.489. The van der Waals surface area contributed by atoms with Gasteiger partial charge in [-0.15, -0.1) is 15.3 Å². The molecule has 0 radical (unpaired) electrons. The van der Waals surface area contributed by atoms with Crippen LogP contribution in [-0.4, -0.2) is 73.5 Å². The normalized spacial score (nSPS) is 16.9. The number of nitrogen functional groups attached to an aromatic ring is 1. The summed E-state index contributed by atoms with van der Waals surface area (Å²) in [5, 5.41) is 19.7. The van der Waals surface area contributed by atoms with E-state index < -0.39 is 0 Å². The molecule has 6 rings (SSSR count). The summed E-state index contributed by atoms with van der Waals surface area (Å²) in [6.07, 6.45) is 7.40.